The zero-order valence-electron chi connectivity index (χ0n) is 17.2. The van der Waals surface area contributed by atoms with E-state index in [-0.39, 0.29) is 23.2 Å². The molecule has 9 heteroatoms. The molecule has 0 radical (unpaired) electrons. The number of aryl methyl sites for hydroxylation is 1. The van der Waals surface area contributed by atoms with Gasteiger partial charge in [-0.15, -0.1) is 0 Å². The second-order valence-corrected chi connectivity index (χ2v) is 7.44. The van der Waals surface area contributed by atoms with Gasteiger partial charge in [0.25, 0.3) is 0 Å². The van der Waals surface area contributed by atoms with Crippen molar-refractivity contribution in [1.29, 1.82) is 0 Å². The van der Waals surface area contributed by atoms with Gasteiger partial charge in [0.1, 0.15) is 17.9 Å². The Morgan fingerprint density at radius 3 is 2.53 bits per heavy atom. The lowest BCUT2D eigenvalue weighted by Gasteiger charge is -2.32. The molecule has 9 nitrogen and oxygen atoms in total. The predicted octanol–water partition coefficient (Wildman–Crippen LogP) is 3.56. The van der Waals surface area contributed by atoms with Crippen LogP contribution >= 0.6 is 0 Å². The SMILES string of the molecule is COCC1CCN(c2ncnc(Oc3ccc(CCC(C)=O)cc3)c2[N+](=O)[O-])CC1. The molecule has 0 aliphatic carbocycles. The van der Waals surface area contributed by atoms with Crippen molar-refractivity contribution in [2.24, 2.45) is 5.92 Å². The minimum absolute atomic E-state index is 0.0829. The van der Waals surface area contributed by atoms with E-state index < -0.39 is 4.92 Å². The third kappa shape index (κ3) is 5.50. The van der Waals surface area contributed by atoms with Crippen LogP contribution in [-0.2, 0) is 16.0 Å². The Balaban J connectivity index is 1.76. The molecule has 1 aliphatic rings. The maximum absolute atomic E-state index is 11.8. The smallest absolute Gasteiger partial charge is 0.373 e. The van der Waals surface area contributed by atoms with Crippen LogP contribution in [-0.4, -0.2) is 47.5 Å². The van der Waals surface area contributed by atoms with Crippen molar-refractivity contribution in [3.05, 3.63) is 46.3 Å². The molecule has 0 spiro atoms. The van der Waals surface area contributed by atoms with Crippen LogP contribution in [0, 0.1) is 16.0 Å². The fourth-order valence-electron chi connectivity index (χ4n) is 3.52. The van der Waals surface area contributed by atoms with Gasteiger partial charge in [-0.3, -0.25) is 10.1 Å². The Labute approximate surface area is 175 Å². The number of methoxy groups -OCH3 is 1. The number of Topliss-reactive ketones (excluding diaryl/α,β-unsaturated/α-hetero) is 1. The topological polar surface area (TPSA) is 108 Å². The van der Waals surface area contributed by atoms with Crippen LogP contribution in [0.3, 0.4) is 0 Å². The molecule has 3 rings (SSSR count). The summed E-state index contributed by atoms with van der Waals surface area (Å²) in [5.41, 5.74) is 0.762. The van der Waals surface area contributed by atoms with Crippen molar-refractivity contribution < 1.29 is 19.2 Å². The van der Waals surface area contributed by atoms with Gasteiger partial charge in [0.15, 0.2) is 0 Å². The minimum atomic E-state index is -0.493. The van der Waals surface area contributed by atoms with Crippen LogP contribution < -0.4 is 9.64 Å². The molecular formula is C21H26N4O5. The van der Waals surface area contributed by atoms with E-state index in [2.05, 4.69) is 9.97 Å². The van der Waals surface area contributed by atoms with Crippen LogP contribution in [0.25, 0.3) is 0 Å². The summed E-state index contributed by atoms with van der Waals surface area (Å²) in [4.78, 5) is 32.5. The molecule has 0 unspecified atom stereocenters. The van der Waals surface area contributed by atoms with E-state index in [1.165, 1.54) is 6.33 Å². The van der Waals surface area contributed by atoms with E-state index >= 15 is 0 Å². The number of nitro groups is 1. The maximum atomic E-state index is 11.8. The molecule has 160 valence electrons. The molecular weight excluding hydrogens is 388 g/mol. The third-order valence-corrected chi connectivity index (χ3v) is 5.17. The first kappa shape index (κ1) is 21.6. The Morgan fingerprint density at radius 1 is 1.23 bits per heavy atom. The van der Waals surface area contributed by atoms with Crippen LogP contribution in [0.4, 0.5) is 11.5 Å². The van der Waals surface area contributed by atoms with Gasteiger partial charge >= 0.3 is 11.6 Å². The maximum Gasteiger partial charge on any atom is 0.373 e. The number of hydrogen-bond donors (Lipinski definition) is 0. The van der Waals surface area contributed by atoms with Crippen molar-refractivity contribution in [2.45, 2.75) is 32.6 Å². The highest BCUT2D eigenvalue weighted by Gasteiger charge is 2.31. The van der Waals surface area contributed by atoms with Gasteiger partial charge < -0.3 is 19.2 Å². The van der Waals surface area contributed by atoms with Crippen LogP contribution in [0.2, 0.25) is 0 Å². The average molecular weight is 414 g/mol. The number of anilines is 1. The monoisotopic (exact) mass is 414 g/mol. The van der Waals surface area contributed by atoms with Crippen molar-refractivity contribution in [3.63, 3.8) is 0 Å². The number of benzene rings is 1. The van der Waals surface area contributed by atoms with Gasteiger partial charge in [0.2, 0.25) is 5.82 Å². The highest BCUT2D eigenvalue weighted by atomic mass is 16.6. The average Bonchev–Trinajstić information content (AvgIpc) is 2.73. The summed E-state index contributed by atoms with van der Waals surface area (Å²) < 4.78 is 11.0. The molecule has 30 heavy (non-hydrogen) atoms. The second-order valence-electron chi connectivity index (χ2n) is 7.44. The Morgan fingerprint density at radius 2 is 1.93 bits per heavy atom. The van der Waals surface area contributed by atoms with Crippen molar-refractivity contribution in [1.82, 2.24) is 9.97 Å². The first-order valence-corrected chi connectivity index (χ1v) is 9.97. The number of aromatic nitrogens is 2. The number of carbonyl (C=O) groups is 1. The molecule has 2 heterocycles. The zero-order chi connectivity index (χ0) is 21.5. The molecule has 0 amide bonds. The van der Waals surface area contributed by atoms with Gasteiger partial charge in [-0.05, 0) is 49.8 Å². The molecule has 2 aromatic rings. The standard InChI is InChI=1S/C21H26N4O5/c1-15(26)3-4-16-5-7-18(8-6-16)30-21-19(25(27)28)20(22-14-23-21)24-11-9-17(10-12-24)13-29-2/h5-8,14,17H,3-4,9-13H2,1-2H3. The molecule has 0 atom stereocenters. The highest BCUT2D eigenvalue weighted by molar-refractivity contribution is 5.75. The minimum Gasteiger partial charge on any atom is -0.434 e. The van der Waals surface area contributed by atoms with Gasteiger partial charge in [-0.1, -0.05) is 12.1 Å². The predicted molar refractivity (Wildman–Crippen MR) is 111 cm³/mol. The van der Waals surface area contributed by atoms with E-state index in [9.17, 15) is 14.9 Å². The number of rotatable bonds is 9. The Kier molecular flexibility index (Phi) is 7.29. The summed E-state index contributed by atoms with van der Waals surface area (Å²) in [7, 11) is 1.68. The lowest BCUT2D eigenvalue weighted by atomic mass is 9.98. The lowest BCUT2D eigenvalue weighted by molar-refractivity contribution is -0.385. The number of carbonyl (C=O) groups excluding carboxylic acids is 1. The molecule has 1 saturated heterocycles. The fraction of sp³-hybridized carbons (Fsp3) is 0.476. The van der Waals surface area contributed by atoms with E-state index in [4.69, 9.17) is 9.47 Å². The van der Waals surface area contributed by atoms with E-state index in [0.29, 0.717) is 44.2 Å². The molecule has 1 aromatic carbocycles. The second kappa shape index (κ2) is 10.1. The highest BCUT2D eigenvalue weighted by Crippen LogP contribution is 2.37. The van der Waals surface area contributed by atoms with Crippen LogP contribution in [0.15, 0.2) is 30.6 Å². The normalized spacial score (nSPS) is 14.5. The van der Waals surface area contributed by atoms with Gasteiger partial charge in [0.05, 0.1) is 4.92 Å². The lowest BCUT2D eigenvalue weighted by Crippen LogP contribution is -2.36. The summed E-state index contributed by atoms with van der Waals surface area (Å²) in [5, 5.41) is 11.8. The quantitative estimate of drug-likeness (QED) is 0.453. The molecule has 1 aliphatic heterocycles. The summed E-state index contributed by atoms with van der Waals surface area (Å²) in [6, 6.07) is 7.12. The van der Waals surface area contributed by atoms with E-state index in [1.807, 2.05) is 17.0 Å². The van der Waals surface area contributed by atoms with Gasteiger partial charge in [-0.2, -0.15) is 4.98 Å². The third-order valence-electron chi connectivity index (χ3n) is 5.17. The Hall–Kier alpha value is -3.07. The number of piperidine rings is 1. The Bertz CT molecular complexity index is 879. The number of ether oxygens (including phenoxy) is 2. The van der Waals surface area contributed by atoms with E-state index in [1.54, 1.807) is 26.2 Å². The number of ketones is 1. The fourth-order valence-corrected chi connectivity index (χ4v) is 3.52. The summed E-state index contributed by atoms with van der Waals surface area (Å²) in [6.45, 7) is 3.58. The first-order chi connectivity index (χ1) is 14.5. The van der Waals surface area contributed by atoms with Crippen LogP contribution in [0.1, 0.15) is 31.7 Å². The summed E-state index contributed by atoms with van der Waals surface area (Å²) >= 11 is 0. The van der Waals surface area contributed by atoms with E-state index in [0.717, 1.165) is 18.4 Å². The van der Waals surface area contributed by atoms with Gasteiger partial charge in [-0.25, -0.2) is 4.98 Å². The van der Waals surface area contributed by atoms with Crippen LogP contribution in [0.5, 0.6) is 11.6 Å². The molecule has 0 saturated carbocycles. The first-order valence-electron chi connectivity index (χ1n) is 9.97. The molecule has 0 N–H and O–H groups in total. The molecule has 1 fully saturated rings. The molecule has 0 bridgehead atoms. The van der Waals surface area contributed by atoms with Crippen molar-refractivity contribution in [3.8, 4) is 11.6 Å². The zero-order valence-corrected chi connectivity index (χ0v) is 17.2. The summed E-state index contributed by atoms with van der Waals surface area (Å²) in [5.74, 6) is 1.21. The number of hydrogen-bond acceptors (Lipinski definition) is 8. The number of nitrogens with zero attached hydrogens (tertiary/aromatic N) is 4. The van der Waals surface area contributed by atoms with Crippen molar-refractivity contribution >= 4 is 17.3 Å². The van der Waals surface area contributed by atoms with Crippen molar-refractivity contribution in [2.75, 3.05) is 31.7 Å². The largest absolute Gasteiger partial charge is 0.434 e. The van der Waals surface area contributed by atoms with Gasteiger partial charge in [0, 0.05) is 33.2 Å². The summed E-state index contributed by atoms with van der Waals surface area (Å²) in [6.07, 6.45) is 4.18. The molecule has 1 aromatic heterocycles.